The Balaban J connectivity index is 1.26. The molecule has 0 spiro atoms. The number of rotatable bonds is 4. The maximum absolute atomic E-state index is 6.80. The molecule has 1 heteroatoms. The lowest BCUT2D eigenvalue weighted by Crippen LogP contribution is -1.92. The van der Waals surface area contributed by atoms with Crippen molar-refractivity contribution in [2.75, 3.05) is 0 Å². The van der Waals surface area contributed by atoms with Gasteiger partial charge in [0.2, 0.25) is 0 Å². The van der Waals surface area contributed by atoms with E-state index >= 15 is 0 Å². The molecule has 0 fully saturated rings. The molecule has 8 aromatic carbocycles. The van der Waals surface area contributed by atoms with Crippen molar-refractivity contribution in [1.29, 1.82) is 0 Å². The van der Waals surface area contributed by atoms with Gasteiger partial charge in [-0.3, -0.25) is 0 Å². The molecule has 0 amide bonds. The first-order chi connectivity index (χ1) is 24.7. The molecule has 1 nitrogen and oxygen atoms in total. The first-order valence-electron chi connectivity index (χ1n) is 17.9. The van der Waals surface area contributed by atoms with Gasteiger partial charge in [-0.05, 0) is 155 Å². The zero-order chi connectivity index (χ0) is 35.0. The van der Waals surface area contributed by atoms with Gasteiger partial charge in [-0.1, -0.05) is 114 Å². The van der Waals surface area contributed by atoms with Crippen LogP contribution >= 0.6 is 0 Å². The third kappa shape index (κ3) is 5.15. The second-order valence-electron chi connectivity index (χ2n) is 14.5. The van der Waals surface area contributed by atoms with Crippen LogP contribution in [0.25, 0.3) is 88.0 Å². The van der Waals surface area contributed by atoms with E-state index < -0.39 is 0 Å². The molecule has 0 unspecified atom stereocenters. The Bertz CT molecular complexity index is 2800. The molecule has 0 N–H and O–H groups in total. The van der Waals surface area contributed by atoms with E-state index in [9.17, 15) is 0 Å². The van der Waals surface area contributed by atoms with Crippen LogP contribution in [0.1, 0.15) is 33.4 Å². The lowest BCUT2D eigenvalue weighted by molar-refractivity contribution is 0.670. The Hall–Kier alpha value is -5.92. The van der Waals surface area contributed by atoms with Crippen LogP contribution in [0.3, 0.4) is 0 Å². The highest BCUT2D eigenvalue weighted by atomic mass is 16.3. The Labute approximate surface area is 299 Å². The van der Waals surface area contributed by atoms with Crippen LogP contribution in [0, 0.1) is 41.5 Å². The van der Waals surface area contributed by atoms with Crippen LogP contribution in [-0.4, -0.2) is 0 Å². The van der Waals surface area contributed by atoms with Crippen LogP contribution in [0.15, 0.2) is 138 Å². The van der Waals surface area contributed by atoms with Crippen molar-refractivity contribution in [2.24, 2.45) is 0 Å². The molecule has 0 aliphatic rings. The minimum atomic E-state index is 0.908. The minimum absolute atomic E-state index is 0.908. The number of aryl methyl sites for hydroxylation is 6. The Morgan fingerprint density at radius 1 is 0.353 bits per heavy atom. The van der Waals surface area contributed by atoms with E-state index in [4.69, 9.17) is 4.42 Å². The quantitative estimate of drug-likeness (QED) is 0.172. The Morgan fingerprint density at radius 3 is 1.51 bits per heavy atom. The van der Waals surface area contributed by atoms with E-state index in [0.29, 0.717) is 0 Å². The van der Waals surface area contributed by atoms with Crippen molar-refractivity contribution in [3.63, 3.8) is 0 Å². The molecule has 0 radical (unpaired) electrons. The summed E-state index contributed by atoms with van der Waals surface area (Å²) in [5.41, 5.74) is 19.3. The number of fused-ring (bicyclic) bond motifs is 6. The molecular formula is C50H40O. The maximum atomic E-state index is 6.80. The Kier molecular flexibility index (Phi) is 7.22. The first kappa shape index (κ1) is 31.1. The summed E-state index contributed by atoms with van der Waals surface area (Å²) in [6, 6.07) is 49.4. The SMILES string of the molecule is Cc1cc(C)c(-c2ccc3oc4c(-c5ccc(-c6cc7ccccc7c7ccccc67)cc5)cc(-c5c(C)cc(C)cc5C)cc4c3c2)c(C)c1. The summed E-state index contributed by atoms with van der Waals surface area (Å²) in [5.74, 6) is 0. The number of benzene rings is 8. The van der Waals surface area contributed by atoms with Gasteiger partial charge in [-0.15, -0.1) is 0 Å². The van der Waals surface area contributed by atoms with Gasteiger partial charge in [0.1, 0.15) is 11.2 Å². The fourth-order valence-electron chi connectivity index (χ4n) is 8.79. The van der Waals surface area contributed by atoms with Gasteiger partial charge in [0.15, 0.2) is 0 Å². The van der Waals surface area contributed by atoms with Crippen LogP contribution in [0.5, 0.6) is 0 Å². The molecule has 0 saturated heterocycles. The molecule has 0 atom stereocenters. The van der Waals surface area contributed by atoms with E-state index in [2.05, 4.69) is 175 Å². The lowest BCUT2D eigenvalue weighted by atomic mass is 9.89. The standard InChI is InChI=1S/C50H40O/c1-29-21-31(3)48(32(4)22-29)38-19-20-47-45(26-38)46-28-39(49-33(5)23-30(2)24-34(49)6)27-44(50(46)51-47)36-17-15-35(16-18-36)43-25-37-11-7-8-12-40(37)41-13-9-10-14-42(41)43/h7-28H,1-6H3. The molecular weight excluding hydrogens is 617 g/mol. The molecule has 9 rings (SSSR count). The molecule has 0 bridgehead atoms. The number of hydrogen-bond acceptors (Lipinski definition) is 1. The highest BCUT2D eigenvalue weighted by Crippen LogP contribution is 2.43. The third-order valence-electron chi connectivity index (χ3n) is 10.8. The average molecular weight is 657 g/mol. The van der Waals surface area contributed by atoms with Gasteiger partial charge >= 0.3 is 0 Å². The molecule has 1 heterocycles. The van der Waals surface area contributed by atoms with Crippen molar-refractivity contribution >= 4 is 43.5 Å². The zero-order valence-corrected chi connectivity index (χ0v) is 30.1. The molecule has 1 aromatic heterocycles. The summed E-state index contributed by atoms with van der Waals surface area (Å²) in [4.78, 5) is 0. The summed E-state index contributed by atoms with van der Waals surface area (Å²) < 4.78 is 6.80. The van der Waals surface area contributed by atoms with E-state index in [1.54, 1.807) is 0 Å². The number of furan rings is 1. The molecule has 0 aliphatic heterocycles. The molecule has 0 saturated carbocycles. The van der Waals surface area contributed by atoms with Gasteiger partial charge < -0.3 is 4.42 Å². The van der Waals surface area contributed by atoms with Crippen molar-refractivity contribution in [3.8, 4) is 44.5 Å². The highest BCUT2D eigenvalue weighted by molar-refractivity contribution is 6.15. The predicted molar refractivity (Wildman–Crippen MR) is 219 cm³/mol. The van der Waals surface area contributed by atoms with Crippen LogP contribution in [-0.2, 0) is 0 Å². The summed E-state index contributed by atoms with van der Waals surface area (Å²) in [7, 11) is 0. The van der Waals surface area contributed by atoms with Crippen molar-refractivity contribution in [2.45, 2.75) is 41.5 Å². The van der Waals surface area contributed by atoms with Crippen LogP contribution in [0.2, 0.25) is 0 Å². The summed E-state index contributed by atoms with van der Waals surface area (Å²) in [6.45, 7) is 13.3. The summed E-state index contributed by atoms with van der Waals surface area (Å²) in [5, 5.41) is 7.38. The van der Waals surface area contributed by atoms with Crippen molar-refractivity contribution in [1.82, 2.24) is 0 Å². The average Bonchev–Trinajstić information content (AvgIpc) is 3.48. The largest absolute Gasteiger partial charge is 0.455 e. The Morgan fingerprint density at radius 2 is 0.863 bits per heavy atom. The second kappa shape index (κ2) is 11.9. The van der Waals surface area contributed by atoms with E-state index in [-0.39, 0.29) is 0 Å². The maximum Gasteiger partial charge on any atom is 0.143 e. The smallest absolute Gasteiger partial charge is 0.143 e. The topological polar surface area (TPSA) is 13.1 Å². The fraction of sp³-hybridized carbons (Fsp3) is 0.120. The predicted octanol–water partition coefficient (Wildman–Crippen LogP) is 14.4. The van der Waals surface area contributed by atoms with Gasteiger partial charge in [0, 0.05) is 16.3 Å². The van der Waals surface area contributed by atoms with E-state index in [1.165, 1.54) is 88.3 Å². The van der Waals surface area contributed by atoms with Crippen molar-refractivity contribution in [3.05, 3.63) is 167 Å². The molecule has 9 aromatic rings. The third-order valence-corrected chi connectivity index (χ3v) is 10.8. The lowest BCUT2D eigenvalue weighted by Gasteiger charge is -2.15. The van der Waals surface area contributed by atoms with E-state index in [1.807, 2.05) is 0 Å². The van der Waals surface area contributed by atoms with Crippen molar-refractivity contribution < 1.29 is 4.42 Å². The normalized spacial score (nSPS) is 11.7. The zero-order valence-electron chi connectivity index (χ0n) is 30.1. The summed E-state index contributed by atoms with van der Waals surface area (Å²) >= 11 is 0. The van der Waals surface area contributed by atoms with Crippen LogP contribution < -0.4 is 0 Å². The first-order valence-corrected chi connectivity index (χ1v) is 17.9. The molecule has 51 heavy (non-hydrogen) atoms. The van der Waals surface area contributed by atoms with Crippen LogP contribution in [0.4, 0.5) is 0 Å². The second-order valence-corrected chi connectivity index (χ2v) is 14.5. The van der Waals surface area contributed by atoms with E-state index in [0.717, 1.165) is 33.1 Å². The number of hydrogen-bond donors (Lipinski definition) is 0. The molecule has 0 aliphatic carbocycles. The summed E-state index contributed by atoms with van der Waals surface area (Å²) in [6.07, 6.45) is 0. The van der Waals surface area contributed by atoms with Gasteiger partial charge in [-0.25, -0.2) is 0 Å². The monoisotopic (exact) mass is 656 g/mol. The van der Waals surface area contributed by atoms with Gasteiger partial charge in [0.05, 0.1) is 0 Å². The molecule has 246 valence electrons. The van der Waals surface area contributed by atoms with Gasteiger partial charge in [0.25, 0.3) is 0 Å². The minimum Gasteiger partial charge on any atom is -0.455 e. The fourth-order valence-corrected chi connectivity index (χ4v) is 8.79. The highest BCUT2D eigenvalue weighted by Gasteiger charge is 2.19. The van der Waals surface area contributed by atoms with Gasteiger partial charge in [-0.2, -0.15) is 0 Å².